The van der Waals surface area contributed by atoms with E-state index in [9.17, 15) is 0 Å². The summed E-state index contributed by atoms with van der Waals surface area (Å²) in [5.74, 6) is 0.893. The molecule has 0 amide bonds. The van der Waals surface area contributed by atoms with Crippen LogP contribution >= 0.6 is 0 Å². The minimum Gasteiger partial charge on any atom is -0.487 e. The Kier molecular flexibility index (Phi) is 3.78. The summed E-state index contributed by atoms with van der Waals surface area (Å²) >= 11 is 0. The summed E-state index contributed by atoms with van der Waals surface area (Å²) in [7, 11) is 0. The maximum atomic E-state index is 5.84. The molecule has 2 heteroatoms. The topological polar surface area (TPSA) is 22.1 Å². The summed E-state index contributed by atoms with van der Waals surface area (Å²) in [6.07, 6.45) is 7.99. The molecule has 1 aromatic heterocycles. The van der Waals surface area contributed by atoms with Crippen molar-refractivity contribution in [2.45, 2.75) is 38.7 Å². The van der Waals surface area contributed by atoms with Gasteiger partial charge >= 0.3 is 0 Å². The van der Waals surface area contributed by atoms with Crippen molar-refractivity contribution < 1.29 is 4.74 Å². The predicted molar refractivity (Wildman–Crippen MR) is 76.3 cm³/mol. The molecule has 3 rings (SSSR count). The first-order chi connectivity index (χ1) is 9.42. The van der Waals surface area contributed by atoms with Gasteiger partial charge in [0.1, 0.15) is 12.4 Å². The first-order valence-electron chi connectivity index (χ1n) is 7.06. The quantitative estimate of drug-likeness (QED) is 0.773. The van der Waals surface area contributed by atoms with E-state index in [2.05, 4.69) is 23.2 Å². The van der Waals surface area contributed by atoms with E-state index >= 15 is 0 Å². The van der Waals surface area contributed by atoms with Gasteiger partial charge in [-0.3, -0.25) is 4.98 Å². The van der Waals surface area contributed by atoms with Crippen LogP contribution in [0.2, 0.25) is 0 Å². The molecule has 1 aliphatic rings. The predicted octanol–water partition coefficient (Wildman–Crippen LogP) is 3.93. The molecule has 0 N–H and O–H groups in total. The largest absolute Gasteiger partial charge is 0.487 e. The van der Waals surface area contributed by atoms with E-state index in [4.69, 9.17) is 4.74 Å². The average molecular weight is 253 g/mol. The zero-order valence-corrected chi connectivity index (χ0v) is 11.1. The number of ether oxygens (including phenoxy) is 1. The molecule has 98 valence electrons. The van der Waals surface area contributed by atoms with E-state index in [0.717, 1.165) is 18.6 Å². The van der Waals surface area contributed by atoms with E-state index in [1.165, 1.54) is 36.1 Å². The maximum Gasteiger partial charge on any atom is 0.138 e. The number of benzene rings is 1. The van der Waals surface area contributed by atoms with Crippen molar-refractivity contribution in [3.05, 3.63) is 59.4 Å². The molecule has 0 saturated heterocycles. The minimum absolute atomic E-state index is 0.612. The molecule has 1 aliphatic carbocycles. The number of hydrogen-bond donors (Lipinski definition) is 0. The van der Waals surface area contributed by atoms with Crippen LogP contribution < -0.4 is 4.74 Å². The van der Waals surface area contributed by atoms with Gasteiger partial charge in [0.15, 0.2) is 0 Å². The summed E-state index contributed by atoms with van der Waals surface area (Å²) in [6, 6.07) is 12.4. The van der Waals surface area contributed by atoms with Gasteiger partial charge < -0.3 is 4.74 Å². The van der Waals surface area contributed by atoms with Gasteiger partial charge in [0, 0.05) is 5.69 Å². The standard InChI is InChI=1S/C17H19NO/c1-3-7-14(8-4-1)13-19-16-11-15-9-5-2-6-10-17(15)18-12-16/h1,3-4,7-8,11-12H,2,5-6,9-10,13H2. The highest BCUT2D eigenvalue weighted by atomic mass is 16.5. The summed E-state index contributed by atoms with van der Waals surface area (Å²) in [6.45, 7) is 0.612. The minimum atomic E-state index is 0.612. The molecule has 0 atom stereocenters. The van der Waals surface area contributed by atoms with Gasteiger partial charge in [0.05, 0.1) is 6.20 Å². The van der Waals surface area contributed by atoms with E-state index in [1.54, 1.807) is 0 Å². The number of hydrogen-bond acceptors (Lipinski definition) is 2. The number of pyridine rings is 1. The third kappa shape index (κ3) is 3.14. The van der Waals surface area contributed by atoms with Crippen LogP contribution in [0, 0.1) is 0 Å². The van der Waals surface area contributed by atoms with Gasteiger partial charge in [0.25, 0.3) is 0 Å². The molecule has 0 bridgehead atoms. The smallest absolute Gasteiger partial charge is 0.138 e. The molecule has 0 aliphatic heterocycles. The number of aryl methyl sites for hydroxylation is 2. The van der Waals surface area contributed by atoms with Crippen LogP contribution in [0.1, 0.15) is 36.1 Å². The Morgan fingerprint density at radius 2 is 1.84 bits per heavy atom. The first kappa shape index (κ1) is 12.2. The summed E-state index contributed by atoms with van der Waals surface area (Å²) in [5.41, 5.74) is 3.84. The van der Waals surface area contributed by atoms with Gasteiger partial charge in [-0.05, 0) is 42.9 Å². The number of aromatic nitrogens is 1. The van der Waals surface area contributed by atoms with Crippen molar-refractivity contribution in [2.75, 3.05) is 0 Å². The fourth-order valence-corrected chi connectivity index (χ4v) is 2.56. The fourth-order valence-electron chi connectivity index (χ4n) is 2.56. The molecule has 2 aromatic rings. The molecule has 1 heterocycles. The lowest BCUT2D eigenvalue weighted by molar-refractivity contribution is 0.304. The van der Waals surface area contributed by atoms with Crippen molar-refractivity contribution in [3.8, 4) is 5.75 Å². The van der Waals surface area contributed by atoms with Crippen molar-refractivity contribution in [3.63, 3.8) is 0 Å². The van der Waals surface area contributed by atoms with Gasteiger partial charge in [-0.25, -0.2) is 0 Å². The van der Waals surface area contributed by atoms with E-state index in [0.29, 0.717) is 6.61 Å². The summed E-state index contributed by atoms with van der Waals surface area (Å²) in [5, 5.41) is 0. The Labute approximate surface area is 114 Å². The molecule has 0 unspecified atom stereocenters. The second kappa shape index (κ2) is 5.87. The van der Waals surface area contributed by atoms with Crippen LogP contribution in [-0.2, 0) is 19.4 Å². The molecular weight excluding hydrogens is 234 g/mol. The molecular formula is C17H19NO. The molecule has 1 aromatic carbocycles. The van der Waals surface area contributed by atoms with Crippen LogP contribution in [0.3, 0.4) is 0 Å². The SMILES string of the molecule is c1ccc(COc2cnc3c(c2)CCCCC3)cc1. The van der Waals surface area contributed by atoms with Gasteiger partial charge in [-0.2, -0.15) is 0 Å². The van der Waals surface area contributed by atoms with Crippen LogP contribution in [-0.4, -0.2) is 4.98 Å². The Morgan fingerprint density at radius 3 is 2.74 bits per heavy atom. The lowest BCUT2D eigenvalue weighted by atomic mass is 10.1. The van der Waals surface area contributed by atoms with Crippen molar-refractivity contribution in [2.24, 2.45) is 0 Å². The third-order valence-corrected chi connectivity index (χ3v) is 3.64. The maximum absolute atomic E-state index is 5.84. The number of rotatable bonds is 3. The number of nitrogens with zero attached hydrogens (tertiary/aromatic N) is 1. The zero-order chi connectivity index (χ0) is 12.9. The van der Waals surface area contributed by atoms with E-state index < -0.39 is 0 Å². The average Bonchev–Trinajstić information content (AvgIpc) is 2.71. The normalized spacial score (nSPS) is 14.5. The van der Waals surface area contributed by atoms with Crippen LogP contribution in [0.5, 0.6) is 5.75 Å². The highest BCUT2D eigenvalue weighted by Crippen LogP contribution is 2.23. The second-order valence-corrected chi connectivity index (χ2v) is 5.11. The Balaban J connectivity index is 1.70. The third-order valence-electron chi connectivity index (χ3n) is 3.64. The molecule has 2 nitrogen and oxygen atoms in total. The molecule has 0 saturated carbocycles. The van der Waals surface area contributed by atoms with E-state index in [1.807, 2.05) is 24.4 Å². The van der Waals surface area contributed by atoms with Crippen LogP contribution in [0.4, 0.5) is 0 Å². The Hall–Kier alpha value is -1.83. The van der Waals surface area contributed by atoms with Gasteiger partial charge in [-0.1, -0.05) is 36.8 Å². The summed E-state index contributed by atoms with van der Waals surface area (Å²) < 4.78 is 5.84. The van der Waals surface area contributed by atoms with Crippen molar-refractivity contribution >= 4 is 0 Å². The Bertz CT molecular complexity index is 536. The van der Waals surface area contributed by atoms with Crippen molar-refractivity contribution in [1.82, 2.24) is 4.98 Å². The fraction of sp³-hybridized carbons (Fsp3) is 0.353. The molecule has 0 fully saturated rings. The summed E-state index contributed by atoms with van der Waals surface area (Å²) in [4.78, 5) is 4.57. The van der Waals surface area contributed by atoms with Gasteiger partial charge in [0.2, 0.25) is 0 Å². The molecule has 0 radical (unpaired) electrons. The lowest BCUT2D eigenvalue weighted by Gasteiger charge is -2.09. The second-order valence-electron chi connectivity index (χ2n) is 5.11. The highest BCUT2D eigenvalue weighted by molar-refractivity contribution is 5.30. The Morgan fingerprint density at radius 1 is 1.00 bits per heavy atom. The number of fused-ring (bicyclic) bond motifs is 1. The lowest BCUT2D eigenvalue weighted by Crippen LogP contribution is -1.99. The van der Waals surface area contributed by atoms with Gasteiger partial charge in [-0.15, -0.1) is 0 Å². The monoisotopic (exact) mass is 253 g/mol. The molecule has 0 spiro atoms. The van der Waals surface area contributed by atoms with Crippen LogP contribution in [0.25, 0.3) is 0 Å². The molecule has 19 heavy (non-hydrogen) atoms. The van der Waals surface area contributed by atoms with Crippen LogP contribution in [0.15, 0.2) is 42.6 Å². The van der Waals surface area contributed by atoms with E-state index in [-0.39, 0.29) is 0 Å². The van der Waals surface area contributed by atoms with Crippen molar-refractivity contribution in [1.29, 1.82) is 0 Å². The first-order valence-corrected chi connectivity index (χ1v) is 7.06. The zero-order valence-electron chi connectivity index (χ0n) is 11.1. The highest BCUT2D eigenvalue weighted by Gasteiger charge is 2.10.